The number of anilines is 2. The highest BCUT2D eigenvalue weighted by Gasteiger charge is 2.13. The molecule has 3 aromatic carbocycles. The fraction of sp³-hybridized carbons (Fsp3) is 0.0800. The van der Waals surface area contributed by atoms with Gasteiger partial charge in [-0.1, -0.05) is 54.1 Å². The van der Waals surface area contributed by atoms with Crippen LogP contribution in [0.4, 0.5) is 11.4 Å². The summed E-state index contributed by atoms with van der Waals surface area (Å²) in [6.45, 7) is 3.78. The zero-order valence-electron chi connectivity index (χ0n) is 17.1. The number of nitriles is 1. The van der Waals surface area contributed by atoms with Crippen LogP contribution in [0.2, 0.25) is 5.02 Å². The molecule has 5 nitrogen and oxygen atoms in total. The number of halogens is 1. The Hall–Kier alpha value is -3.88. The quantitative estimate of drug-likeness (QED) is 0.400. The van der Waals surface area contributed by atoms with Crippen LogP contribution in [0.5, 0.6) is 0 Å². The van der Waals surface area contributed by atoms with E-state index in [4.69, 9.17) is 11.6 Å². The summed E-state index contributed by atoms with van der Waals surface area (Å²) < 4.78 is 0. The van der Waals surface area contributed by atoms with Crippen molar-refractivity contribution in [2.75, 3.05) is 10.6 Å². The molecule has 2 N–H and O–H groups in total. The number of hydrogen-bond acceptors (Lipinski definition) is 3. The van der Waals surface area contributed by atoms with Gasteiger partial charge in [0.15, 0.2) is 0 Å². The number of rotatable bonds is 5. The number of benzene rings is 3. The van der Waals surface area contributed by atoms with Crippen molar-refractivity contribution in [3.05, 3.63) is 99.6 Å². The number of nitrogens with zero attached hydrogens (tertiary/aromatic N) is 1. The molecule has 154 valence electrons. The molecule has 0 aliphatic rings. The summed E-state index contributed by atoms with van der Waals surface area (Å²) in [5, 5.41) is 15.4. The van der Waals surface area contributed by atoms with E-state index >= 15 is 0 Å². The molecule has 3 rings (SSSR count). The van der Waals surface area contributed by atoms with Gasteiger partial charge in [-0.25, -0.2) is 0 Å². The van der Waals surface area contributed by atoms with Crippen molar-refractivity contribution in [2.45, 2.75) is 13.8 Å². The molecular formula is C25H20ClN3O2. The third-order valence-corrected chi connectivity index (χ3v) is 4.99. The topological polar surface area (TPSA) is 82.0 Å². The van der Waals surface area contributed by atoms with Gasteiger partial charge in [0.05, 0.1) is 10.6 Å². The van der Waals surface area contributed by atoms with Crippen LogP contribution >= 0.6 is 11.6 Å². The Bertz CT molecular complexity index is 1210. The van der Waals surface area contributed by atoms with Crippen LogP contribution in [-0.2, 0) is 4.79 Å². The molecule has 0 bridgehead atoms. The van der Waals surface area contributed by atoms with Gasteiger partial charge in [0, 0.05) is 11.4 Å². The molecule has 0 saturated heterocycles. The summed E-state index contributed by atoms with van der Waals surface area (Å²) in [5.74, 6) is -0.842. The van der Waals surface area contributed by atoms with Crippen LogP contribution < -0.4 is 10.6 Å². The fourth-order valence-electron chi connectivity index (χ4n) is 3.06. The zero-order chi connectivity index (χ0) is 22.4. The SMILES string of the molecule is Cc1cccc(C)c1NC(=O)/C(C#N)=C/c1cccc(NC(=O)c2ccccc2Cl)c1. The van der Waals surface area contributed by atoms with Crippen LogP contribution in [0.1, 0.15) is 27.0 Å². The van der Waals surface area contributed by atoms with E-state index in [1.807, 2.05) is 38.1 Å². The summed E-state index contributed by atoms with van der Waals surface area (Å²) in [7, 11) is 0. The fourth-order valence-corrected chi connectivity index (χ4v) is 3.28. The Labute approximate surface area is 186 Å². The minimum absolute atomic E-state index is 0.0442. The molecule has 3 aromatic rings. The second-order valence-corrected chi connectivity index (χ2v) is 7.36. The van der Waals surface area contributed by atoms with Gasteiger partial charge in [-0.3, -0.25) is 9.59 Å². The standard InChI is InChI=1S/C25H20ClN3O2/c1-16-7-5-8-17(2)23(16)29-24(30)19(15-27)13-18-9-6-10-20(14-18)28-25(31)21-11-3-4-12-22(21)26/h3-14H,1-2H3,(H,28,31)(H,29,30)/b19-13+. The van der Waals surface area contributed by atoms with Crippen LogP contribution in [0.25, 0.3) is 6.08 Å². The van der Waals surface area contributed by atoms with E-state index < -0.39 is 5.91 Å². The molecule has 0 fully saturated rings. The lowest BCUT2D eigenvalue weighted by Gasteiger charge is -2.11. The normalized spacial score (nSPS) is 10.8. The van der Waals surface area contributed by atoms with Gasteiger partial charge in [-0.2, -0.15) is 5.26 Å². The van der Waals surface area contributed by atoms with Crippen LogP contribution in [0, 0.1) is 25.2 Å². The minimum Gasteiger partial charge on any atom is -0.322 e. The van der Waals surface area contributed by atoms with Crippen LogP contribution in [0.15, 0.2) is 72.3 Å². The molecule has 0 unspecified atom stereocenters. The van der Waals surface area contributed by atoms with Gasteiger partial charge < -0.3 is 10.6 Å². The molecule has 0 heterocycles. The van der Waals surface area contributed by atoms with Gasteiger partial charge in [0.25, 0.3) is 11.8 Å². The van der Waals surface area contributed by atoms with Crippen molar-refractivity contribution in [3.8, 4) is 6.07 Å². The molecule has 2 amide bonds. The van der Waals surface area contributed by atoms with E-state index in [1.165, 1.54) is 6.08 Å². The molecule has 0 spiro atoms. The summed E-state index contributed by atoms with van der Waals surface area (Å²) in [5.41, 5.74) is 3.95. The summed E-state index contributed by atoms with van der Waals surface area (Å²) in [6.07, 6.45) is 1.48. The first-order valence-corrected chi connectivity index (χ1v) is 9.92. The Morgan fingerprint density at radius 3 is 2.29 bits per heavy atom. The first kappa shape index (κ1) is 21.8. The number of para-hydroxylation sites is 1. The number of amides is 2. The second kappa shape index (κ2) is 9.75. The van der Waals surface area contributed by atoms with Gasteiger partial charge in [-0.15, -0.1) is 0 Å². The van der Waals surface area contributed by atoms with Crippen molar-refractivity contribution >= 4 is 40.9 Å². The third kappa shape index (κ3) is 5.39. The highest BCUT2D eigenvalue weighted by molar-refractivity contribution is 6.34. The number of carbonyl (C=O) groups is 2. The minimum atomic E-state index is -0.495. The predicted molar refractivity (Wildman–Crippen MR) is 124 cm³/mol. The lowest BCUT2D eigenvalue weighted by atomic mass is 10.1. The Morgan fingerprint density at radius 2 is 1.61 bits per heavy atom. The van der Waals surface area contributed by atoms with Crippen molar-refractivity contribution in [3.63, 3.8) is 0 Å². The van der Waals surface area contributed by atoms with Crippen molar-refractivity contribution in [1.29, 1.82) is 5.26 Å². The molecule has 0 saturated carbocycles. The van der Waals surface area contributed by atoms with Crippen LogP contribution in [0.3, 0.4) is 0 Å². The zero-order valence-corrected chi connectivity index (χ0v) is 17.8. The molecule has 0 atom stereocenters. The Kier molecular flexibility index (Phi) is 6.86. The third-order valence-electron chi connectivity index (χ3n) is 4.66. The van der Waals surface area contributed by atoms with Gasteiger partial charge in [0.1, 0.15) is 11.6 Å². The summed E-state index contributed by atoms with van der Waals surface area (Å²) in [6, 6.07) is 21.3. The largest absolute Gasteiger partial charge is 0.322 e. The van der Waals surface area contributed by atoms with E-state index in [2.05, 4.69) is 10.6 Å². The average Bonchev–Trinajstić information content (AvgIpc) is 2.75. The smallest absolute Gasteiger partial charge is 0.266 e. The molecule has 0 radical (unpaired) electrons. The highest BCUT2D eigenvalue weighted by Crippen LogP contribution is 2.22. The van der Waals surface area contributed by atoms with Crippen molar-refractivity contribution in [1.82, 2.24) is 0 Å². The molecule has 0 aliphatic carbocycles. The molecule has 0 aliphatic heterocycles. The van der Waals surface area contributed by atoms with E-state index in [-0.39, 0.29) is 11.5 Å². The second-order valence-electron chi connectivity index (χ2n) is 6.95. The van der Waals surface area contributed by atoms with E-state index in [0.717, 1.165) is 11.1 Å². The summed E-state index contributed by atoms with van der Waals surface area (Å²) >= 11 is 6.08. The number of aryl methyl sites for hydroxylation is 2. The predicted octanol–water partition coefficient (Wildman–Crippen LogP) is 5.75. The first-order chi connectivity index (χ1) is 14.9. The highest BCUT2D eigenvalue weighted by atomic mass is 35.5. The monoisotopic (exact) mass is 429 g/mol. The van der Waals surface area contributed by atoms with E-state index in [0.29, 0.717) is 27.5 Å². The van der Waals surface area contributed by atoms with E-state index in [9.17, 15) is 14.9 Å². The molecule has 31 heavy (non-hydrogen) atoms. The Morgan fingerprint density at radius 1 is 0.935 bits per heavy atom. The average molecular weight is 430 g/mol. The number of carbonyl (C=O) groups excluding carboxylic acids is 2. The summed E-state index contributed by atoms with van der Waals surface area (Å²) in [4.78, 5) is 25.1. The van der Waals surface area contributed by atoms with Crippen LogP contribution in [-0.4, -0.2) is 11.8 Å². The maximum atomic E-state index is 12.7. The molecule has 0 aromatic heterocycles. The molecule has 6 heteroatoms. The van der Waals surface area contributed by atoms with Gasteiger partial charge in [0.2, 0.25) is 0 Å². The van der Waals surface area contributed by atoms with Gasteiger partial charge in [-0.05, 0) is 60.9 Å². The van der Waals surface area contributed by atoms with Crippen molar-refractivity contribution < 1.29 is 9.59 Å². The lowest BCUT2D eigenvalue weighted by molar-refractivity contribution is -0.112. The molecular weight excluding hydrogens is 410 g/mol. The number of hydrogen-bond donors (Lipinski definition) is 2. The maximum Gasteiger partial charge on any atom is 0.266 e. The lowest BCUT2D eigenvalue weighted by Crippen LogP contribution is -2.15. The van der Waals surface area contributed by atoms with Gasteiger partial charge >= 0.3 is 0 Å². The van der Waals surface area contributed by atoms with E-state index in [1.54, 1.807) is 48.5 Å². The van der Waals surface area contributed by atoms with Crippen molar-refractivity contribution in [2.24, 2.45) is 0 Å². The Balaban J connectivity index is 1.80. The maximum absolute atomic E-state index is 12.7. The number of nitrogens with one attached hydrogen (secondary N) is 2. The first-order valence-electron chi connectivity index (χ1n) is 9.54.